The lowest BCUT2D eigenvalue weighted by Gasteiger charge is -2.25. The molecule has 8 heteroatoms. The van der Waals surface area contributed by atoms with Crippen LogP contribution in [0.5, 0.6) is 0 Å². The fraction of sp³-hybridized carbons (Fsp3) is 0.192. The first-order valence-corrected chi connectivity index (χ1v) is 10.6. The highest BCUT2D eigenvalue weighted by atomic mass is 19.1. The Bertz CT molecular complexity index is 1140. The number of nitrogens with zero attached hydrogens (tertiary/aromatic N) is 1. The normalized spacial score (nSPS) is 11.4. The number of alkyl carbamates (subject to hydrolysis) is 1. The van der Waals surface area contributed by atoms with Gasteiger partial charge in [0.15, 0.2) is 0 Å². The van der Waals surface area contributed by atoms with Gasteiger partial charge in [-0.3, -0.25) is 4.79 Å². The second-order valence-electron chi connectivity index (χ2n) is 7.75. The van der Waals surface area contributed by atoms with Crippen LogP contribution < -0.4 is 5.32 Å². The number of rotatable bonds is 9. The third kappa shape index (κ3) is 6.90. The minimum Gasteiger partial charge on any atom is -0.478 e. The van der Waals surface area contributed by atoms with Gasteiger partial charge < -0.3 is 20.1 Å². The highest BCUT2D eigenvalue weighted by Gasteiger charge is 2.26. The molecule has 176 valence electrons. The standard InChI is InChI=1S/C26H25FN2O5/c1-29(16-21-15-20(25(31)32)12-13-22(21)27)24(30)23(14-18-8-4-2-5-9-18)28-26(33)34-17-19-10-6-3-7-11-19/h2-13,15,23H,14,16-17H2,1H3,(H,28,33)(H,31,32)/t23-/m0/s1. The predicted octanol–water partition coefficient (Wildman–Crippen LogP) is 4.02. The maximum Gasteiger partial charge on any atom is 0.408 e. The zero-order chi connectivity index (χ0) is 24.5. The molecule has 7 nitrogen and oxygen atoms in total. The Balaban J connectivity index is 1.72. The quantitative estimate of drug-likeness (QED) is 0.499. The molecule has 0 radical (unpaired) electrons. The molecule has 0 aromatic heterocycles. The predicted molar refractivity (Wildman–Crippen MR) is 124 cm³/mol. The van der Waals surface area contributed by atoms with Crippen LogP contribution in [0.25, 0.3) is 0 Å². The molecule has 0 aliphatic rings. The molecule has 34 heavy (non-hydrogen) atoms. The number of carbonyl (C=O) groups is 3. The minimum absolute atomic E-state index is 0.0436. The van der Waals surface area contributed by atoms with E-state index in [1.54, 1.807) is 0 Å². The van der Waals surface area contributed by atoms with E-state index in [0.29, 0.717) is 0 Å². The number of nitrogens with one attached hydrogen (secondary N) is 1. The van der Waals surface area contributed by atoms with E-state index in [2.05, 4.69) is 5.32 Å². The number of hydrogen-bond donors (Lipinski definition) is 2. The van der Waals surface area contributed by atoms with Crippen molar-refractivity contribution in [1.82, 2.24) is 10.2 Å². The molecule has 0 spiro atoms. The lowest BCUT2D eigenvalue weighted by atomic mass is 10.0. The van der Waals surface area contributed by atoms with Crippen LogP contribution in [0.4, 0.5) is 9.18 Å². The number of carboxylic acids is 1. The molecule has 0 fully saturated rings. The Hall–Kier alpha value is -4.20. The molecule has 0 aliphatic heterocycles. The van der Waals surface area contributed by atoms with Gasteiger partial charge in [-0.25, -0.2) is 14.0 Å². The fourth-order valence-corrected chi connectivity index (χ4v) is 3.39. The third-order valence-electron chi connectivity index (χ3n) is 5.16. The van der Waals surface area contributed by atoms with Gasteiger partial charge in [0.25, 0.3) is 0 Å². The summed E-state index contributed by atoms with van der Waals surface area (Å²) >= 11 is 0. The van der Waals surface area contributed by atoms with Crippen LogP contribution >= 0.6 is 0 Å². The van der Waals surface area contributed by atoms with Crippen molar-refractivity contribution in [2.24, 2.45) is 0 Å². The van der Waals surface area contributed by atoms with Crippen molar-refractivity contribution in [2.75, 3.05) is 7.05 Å². The van der Waals surface area contributed by atoms with Gasteiger partial charge in [-0.2, -0.15) is 0 Å². The van der Waals surface area contributed by atoms with Crippen LogP contribution in [-0.4, -0.2) is 41.1 Å². The average Bonchev–Trinajstić information content (AvgIpc) is 2.84. The summed E-state index contributed by atoms with van der Waals surface area (Å²) < 4.78 is 19.5. The minimum atomic E-state index is -1.19. The molecular formula is C26H25FN2O5. The summed E-state index contributed by atoms with van der Waals surface area (Å²) in [5.41, 5.74) is 1.59. The van der Waals surface area contributed by atoms with Gasteiger partial charge in [0, 0.05) is 25.6 Å². The topological polar surface area (TPSA) is 95.9 Å². The first-order chi connectivity index (χ1) is 16.3. The van der Waals surface area contributed by atoms with E-state index in [0.717, 1.165) is 23.3 Å². The molecular weight excluding hydrogens is 439 g/mol. The highest BCUT2D eigenvalue weighted by molar-refractivity contribution is 5.88. The third-order valence-corrected chi connectivity index (χ3v) is 5.16. The van der Waals surface area contributed by atoms with Crippen molar-refractivity contribution >= 4 is 18.0 Å². The van der Waals surface area contributed by atoms with Crippen LogP contribution in [0, 0.1) is 5.82 Å². The Kier molecular flexibility index (Phi) is 8.34. The average molecular weight is 464 g/mol. The number of carbonyl (C=O) groups excluding carboxylic acids is 2. The maximum atomic E-state index is 14.3. The first-order valence-electron chi connectivity index (χ1n) is 10.6. The zero-order valence-electron chi connectivity index (χ0n) is 18.6. The molecule has 0 saturated heterocycles. The number of carboxylic acid groups (broad SMARTS) is 1. The molecule has 3 aromatic carbocycles. The highest BCUT2D eigenvalue weighted by Crippen LogP contribution is 2.15. The van der Waals surface area contributed by atoms with Crippen molar-refractivity contribution in [3.8, 4) is 0 Å². The molecule has 3 aromatic rings. The van der Waals surface area contributed by atoms with Crippen LogP contribution in [0.15, 0.2) is 78.9 Å². The van der Waals surface area contributed by atoms with Crippen molar-refractivity contribution < 1.29 is 28.6 Å². The summed E-state index contributed by atoms with van der Waals surface area (Å²) in [4.78, 5) is 38.1. The zero-order valence-corrected chi connectivity index (χ0v) is 18.6. The van der Waals surface area contributed by atoms with Gasteiger partial charge in [0.05, 0.1) is 5.56 Å². The Morgan fingerprint density at radius 2 is 1.59 bits per heavy atom. The maximum absolute atomic E-state index is 14.3. The van der Waals surface area contributed by atoms with Crippen LogP contribution in [0.1, 0.15) is 27.0 Å². The summed E-state index contributed by atoms with van der Waals surface area (Å²) in [5.74, 6) is -2.29. The molecule has 0 aliphatic carbocycles. The van der Waals surface area contributed by atoms with Crippen molar-refractivity contribution in [1.29, 1.82) is 0 Å². The van der Waals surface area contributed by atoms with Gasteiger partial charge in [0.1, 0.15) is 18.5 Å². The molecule has 3 rings (SSSR count). The Labute approximate surface area is 196 Å². The second-order valence-corrected chi connectivity index (χ2v) is 7.75. The van der Waals surface area contributed by atoms with Crippen molar-refractivity contribution in [2.45, 2.75) is 25.6 Å². The molecule has 2 amide bonds. The van der Waals surface area contributed by atoms with E-state index < -0.39 is 29.8 Å². The van der Waals surface area contributed by atoms with E-state index in [-0.39, 0.29) is 30.7 Å². The van der Waals surface area contributed by atoms with Crippen LogP contribution in [-0.2, 0) is 29.1 Å². The van der Waals surface area contributed by atoms with Crippen LogP contribution in [0.3, 0.4) is 0 Å². The summed E-state index contributed by atoms with van der Waals surface area (Å²) in [5, 5.41) is 11.8. The summed E-state index contributed by atoms with van der Waals surface area (Å²) in [6.45, 7) is -0.125. The Morgan fingerprint density at radius 1 is 0.971 bits per heavy atom. The smallest absolute Gasteiger partial charge is 0.408 e. The van der Waals surface area contributed by atoms with E-state index in [4.69, 9.17) is 9.84 Å². The number of ether oxygens (including phenoxy) is 1. The first kappa shape index (κ1) is 24.4. The number of benzene rings is 3. The Morgan fingerprint density at radius 3 is 2.21 bits per heavy atom. The second kappa shape index (κ2) is 11.6. The van der Waals surface area contributed by atoms with Crippen LogP contribution in [0.2, 0.25) is 0 Å². The van der Waals surface area contributed by atoms with E-state index >= 15 is 0 Å². The molecule has 1 atom stereocenters. The van der Waals surface area contributed by atoms with E-state index in [1.165, 1.54) is 18.0 Å². The van der Waals surface area contributed by atoms with Gasteiger partial charge in [-0.05, 0) is 29.3 Å². The lowest BCUT2D eigenvalue weighted by molar-refractivity contribution is -0.132. The summed E-state index contributed by atoms with van der Waals surface area (Å²) in [6.07, 6.45) is -0.562. The number of hydrogen-bond acceptors (Lipinski definition) is 4. The van der Waals surface area contributed by atoms with E-state index in [1.807, 2.05) is 60.7 Å². The molecule has 0 bridgehead atoms. The number of likely N-dealkylation sites (N-methyl/N-ethyl adjacent to an activating group) is 1. The van der Waals surface area contributed by atoms with Crippen molar-refractivity contribution in [3.05, 3.63) is 107 Å². The van der Waals surface area contributed by atoms with Gasteiger partial charge in [-0.15, -0.1) is 0 Å². The molecule has 2 N–H and O–H groups in total. The molecule has 0 heterocycles. The number of amides is 2. The van der Waals surface area contributed by atoms with Gasteiger partial charge >= 0.3 is 12.1 Å². The fourth-order valence-electron chi connectivity index (χ4n) is 3.39. The van der Waals surface area contributed by atoms with Gasteiger partial charge in [-0.1, -0.05) is 60.7 Å². The van der Waals surface area contributed by atoms with E-state index in [9.17, 15) is 18.8 Å². The SMILES string of the molecule is CN(Cc1cc(C(=O)O)ccc1F)C(=O)[C@H](Cc1ccccc1)NC(=O)OCc1ccccc1. The molecule has 0 saturated carbocycles. The monoisotopic (exact) mass is 464 g/mol. The number of halogens is 1. The van der Waals surface area contributed by atoms with Crippen molar-refractivity contribution in [3.63, 3.8) is 0 Å². The summed E-state index contributed by atoms with van der Waals surface area (Å²) in [7, 11) is 1.46. The lowest BCUT2D eigenvalue weighted by Crippen LogP contribution is -2.48. The van der Waals surface area contributed by atoms with Gasteiger partial charge in [0.2, 0.25) is 5.91 Å². The largest absolute Gasteiger partial charge is 0.478 e. The molecule has 0 unspecified atom stereocenters. The summed E-state index contributed by atoms with van der Waals surface area (Å²) in [6, 6.07) is 20.7. The number of aromatic carboxylic acids is 1.